The SMILES string of the molecule is CCOc1ccc(S(=O)(=O)N2CCC[C@H](C(=O)Nc3ccc(C(C)C)cc3)C2)cc1. The van der Waals surface area contributed by atoms with Gasteiger partial charge in [-0.05, 0) is 67.6 Å². The van der Waals surface area contributed by atoms with Gasteiger partial charge in [-0.1, -0.05) is 26.0 Å². The summed E-state index contributed by atoms with van der Waals surface area (Å²) in [6, 6.07) is 14.2. The van der Waals surface area contributed by atoms with Crippen LogP contribution in [0.2, 0.25) is 0 Å². The van der Waals surface area contributed by atoms with Crippen LogP contribution in [0.4, 0.5) is 5.69 Å². The van der Waals surface area contributed by atoms with Gasteiger partial charge >= 0.3 is 0 Å². The molecule has 1 aliphatic heterocycles. The predicted octanol–water partition coefficient (Wildman–Crippen LogP) is 4.25. The van der Waals surface area contributed by atoms with Crippen molar-refractivity contribution in [3.05, 3.63) is 54.1 Å². The van der Waals surface area contributed by atoms with E-state index in [0.29, 0.717) is 37.7 Å². The molecule has 162 valence electrons. The maximum absolute atomic E-state index is 13.0. The van der Waals surface area contributed by atoms with E-state index < -0.39 is 10.0 Å². The van der Waals surface area contributed by atoms with Crippen LogP contribution in [-0.2, 0) is 14.8 Å². The average molecular weight is 431 g/mol. The van der Waals surface area contributed by atoms with Gasteiger partial charge in [0.05, 0.1) is 17.4 Å². The van der Waals surface area contributed by atoms with Gasteiger partial charge in [0.15, 0.2) is 0 Å². The van der Waals surface area contributed by atoms with Gasteiger partial charge in [0.1, 0.15) is 5.75 Å². The molecule has 1 atom stereocenters. The molecule has 1 aliphatic rings. The lowest BCUT2D eigenvalue weighted by Crippen LogP contribution is -2.43. The average Bonchev–Trinajstić information content (AvgIpc) is 2.75. The molecular formula is C23H30N2O4S. The van der Waals surface area contributed by atoms with Gasteiger partial charge in [-0.2, -0.15) is 4.31 Å². The van der Waals surface area contributed by atoms with Gasteiger partial charge in [-0.3, -0.25) is 4.79 Å². The number of hydrogen-bond donors (Lipinski definition) is 1. The molecular weight excluding hydrogens is 400 g/mol. The number of amides is 1. The van der Waals surface area contributed by atoms with Crippen LogP contribution < -0.4 is 10.1 Å². The molecule has 6 nitrogen and oxygen atoms in total. The lowest BCUT2D eigenvalue weighted by molar-refractivity contribution is -0.120. The van der Waals surface area contributed by atoms with E-state index >= 15 is 0 Å². The monoisotopic (exact) mass is 430 g/mol. The molecule has 1 heterocycles. The Bertz CT molecular complexity index is 954. The summed E-state index contributed by atoms with van der Waals surface area (Å²) in [5.41, 5.74) is 1.94. The molecule has 0 aromatic heterocycles. The molecule has 0 unspecified atom stereocenters. The third-order valence-corrected chi connectivity index (χ3v) is 7.25. The van der Waals surface area contributed by atoms with Crippen molar-refractivity contribution in [1.29, 1.82) is 0 Å². The van der Waals surface area contributed by atoms with Gasteiger partial charge in [0.2, 0.25) is 15.9 Å². The smallest absolute Gasteiger partial charge is 0.243 e. The second-order valence-electron chi connectivity index (χ2n) is 7.87. The number of ether oxygens (including phenoxy) is 1. The summed E-state index contributed by atoms with van der Waals surface area (Å²) in [6.45, 7) is 7.25. The molecule has 1 saturated heterocycles. The van der Waals surface area contributed by atoms with Crippen LogP contribution in [0.5, 0.6) is 5.75 Å². The Morgan fingerprint density at radius 2 is 1.80 bits per heavy atom. The van der Waals surface area contributed by atoms with Gasteiger partial charge in [0, 0.05) is 18.8 Å². The van der Waals surface area contributed by atoms with E-state index in [4.69, 9.17) is 4.74 Å². The Morgan fingerprint density at radius 3 is 2.40 bits per heavy atom. The summed E-state index contributed by atoms with van der Waals surface area (Å²) in [7, 11) is -3.65. The molecule has 0 bridgehead atoms. The number of anilines is 1. The van der Waals surface area contributed by atoms with E-state index in [9.17, 15) is 13.2 Å². The lowest BCUT2D eigenvalue weighted by atomic mass is 9.98. The van der Waals surface area contributed by atoms with E-state index in [-0.39, 0.29) is 23.3 Å². The number of nitrogens with zero attached hydrogens (tertiary/aromatic N) is 1. The normalized spacial score (nSPS) is 17.7. The minimum Gasteiger partial charge on any atom is -0.494 e. The first-order valence-corrected chi connectivity index (χ1v) is 11.9. The van der Waals surface area contributed by atoms with E-state index in [1.165, 1.54) is 9.87 Å². The summed E-state index contributed by atoms with van der Waals surface area (Å²) < 4.78 is 32.9. The molecule has 1 amide bonds. The lowest BCUT2D eigenvalue weighted by Gasteiger charge is -2.31. The fraction of sp³-hybridized carbons (Fsp3) is 0.435. The van der Waals surface area contributed by atoms with Crippen molar-refractivity contribution in [3.8, 4) is 5.75 Å². The molecule has 7 heteroatoms. The summed E-state index contributed by atoms with van der Waals surface area (Å²) >= 11 is 0. The van der Waals surface area contributed by atoms with Gasteiger partial charge in [0.25, 0.3) is 0 Å². The van der Waals surface area contributed by atoms with E-state index in [2.05, 4.69) is 19.2 Å². The molecule has 2 aromatic rings. The van der Waals surface area contributed by atoms with Crippen molar-refractivity contribution in [3.63, 3.8) is 0 Å². The Kier molecular flexibility index (Phi) is 7.15. The van der Waals surface area contributed by atoms with Crippen LogP contribution in [0.15, 0.2) is 53.4 Å². The number of benzene rings is 2. The van der Waals surface area contributed by atoms with Crippen molar-refractivity contribution in [2.75, 3.05) is 25.0 Å². The second kappa shape index (κ2) is 9.62. The first-order valence-electron chi connectivity index (χ1n) is 10.4. The Hall–Kier alpha value is -2.38. The largest absolute Gasteiger partial charge is 0.494 e. The van der Waals surface area contributed by atoms with E-state index in [1.807, 2.05) is 31.2 Å². The Balaban J connectivity index is 1.67. The minimum atomic E-state index is -3.65. The quantitative estimate of drug-likeness (QED) is 0.713. The van der Waals surface area contributed by atoms with E-state index in [0.717, 1.165) is 5.69 Å². The topological polar surface area (TPSA) is 75.7 Å². The van der Waals surface area contributed by atoms with Gasteiger partial charge < -0.3 is 10.1 Å². The van der Waals surface area contributed by atoms with Crippen LogP contribution in [-0.4, -0.2) is 38.3 Å². The molecule has 0 spiro atoms. The van der Waals surface area contributed by atoms with Crippen LogP contribution in [0.3, 0.4) is 0 Å². The fourth-order valence-electron chi connectivity index (χ4n) is 3.59. The molecule has 0 saturated carbocycles. The van der Waals surface area contributed by atoms with Crippen LogP contribution >= 0.6 is 0 Å². The first-order chi connectivity index (χ1) is 14.3. The maximum atomic E-state index is 13.0. The van der Waals surface area contributed by atoms with Crippen molar-refractivity contribution in [1.82, 2.24) is 4.31 Å². The number of piperidine rings is 1. The van der Waals surface area contributed by atoms with Gasteiger partial charge in [-0.25, -0.2) is 8.42 Å². The third-order valence-electron chi connectivity index (χ3n) is 5.37. The van der Waals surface area contributed by atoms with E-state index in [1.54, 1.807) is 24.3 Å². The Labute approximate surface area is 179 Å². The standard InChI is InChI=1S/C23H30N2O4S/c1-4-29-21-11-13-22(14-12-21)30(27,28)25-15-5-6-19(16-25)23(26)24-20-9-7-18(8-10-20)17(2)3/h7-14,17,19H,4-6,15-16H2,1-3H3,(H,24,26)/t19-/m0/s1. The predicted molar refractivity (Wildman–Crippen MR) is 118 cm³/mol. The summed E-state index contributed by atoms with van der Waals surface area (Å²) in [5.74, 6) is 0.546. The molecule has 3 rings (SSSR count). The highest BCUT2D eigenvalue weighted by atomic mass is 32.2. The number of carbonyl (C=O) groups is 1. The van der Waals surface area contributed by atoms with Crippen LogP contribution in [0.25, 0.3) is 0 Å². The summed E-state index contributed by atoms with van der Waals surface area (Å²) in [6.07, 6.45) is 1.33. The van der Waals surface area contributed by atoms with Crippen molar-refractivity contribution in [2.24, 2.45) is 5.92 Å². The molecule has 0 radical (unpaired) electrons. The number of hydrogen-bond acceptors (Lipinski definition) is 4. The Morgan fingerprint density at radius 1 is 1.13 bits per heavy atom. The second-order valence-corrected chi connectivity index (χ2v) is 9.81. The first kappa shape index (κ1) is 22.3. The zero-order valence-electron chi connectivity index (χ0n) is 17.8. The van der Waals surface area contributed by atoms with Crippen LogP contribution in [0, 0.1) is 5.92 Å². The molecule has 1 N–H and O–H groups in total. The molecule has 2 aromatic carbocycles. The number of sulfonamides is 1. The minimum absolute atomic E-state index is 0.140. The molecule has 0 aliphatic carbocycles. The summed E-state index contributed by atoms with van der Waals surface area (Å²) in [5, 5.41) is 2.93. The number of nitrogens with one attached hydrogen (secondary N) is 1. The van der Waals surface area contributed by atoms with Gasteiger partial charge in [-0.15, -0.1) is 0 Å². The molecule has 30 heavy (non-hydrogen) atoms. The van der Waals surface area contributed by atoms with Crippen molar-refractivity contribution >= 4 is 21.6 Å². The number of rotatable bonds is 7. The van der Waals surface area contributed by atoms with Crippen molar-refractivity contribution in [2.45, 2.75) is 44.4 Å². The fourth-order valence-corrected chi connectivity index (χ4v) is 5.12. The van der Waals surface area contributed by atoms with Crippen molar-refractivity contribution < 1.29 is 17.9 Å². The zero-order valence-corrected chi connectivity index (χ0v) is 18.6. The highest BCUT2D eigenvalue weighted by molar-refractivity contribution is 7.89. The number of carbonyl (C=O) groups excluding carboxylic acids is 1. The summed E-state index contributed by atoms with van der Waals surface area (Å²) in [4.78, 5) is 13.0. The highest BCUT2D eigenvalue weighted by Crippen LogP contribution is 2.26. The zero-order chi connectivity index (χ0) is 21.7. The van der Waals surface area contributed by atoms with Crippen LogP contribution in [0.1, 0.15) is 45.1 Å². The highest BCUT2D eigenvalue weighted by Gasteiger charge is 2.33. The third kappa shape index (κ3) is 5.21. The molecule has 1 fully saturated rings. The maximum Gasteiger partial charge on any atom is 0.243 e.